The Morgan fingerprint density at radius 2 is 1.72 bits per heavy atom. The van der Waals surface area contributed by atoms with Crippen LogP contribution in [0.1, 0.15) is 39.2 Å². The minimum Gasteiger partial charge on any atom is -0.310 e. The van der Waals surface area contributed by atoms with Gasteiger partial charge in [-0.1, -0.05) is 55.1 Å². The van der Waals surface area contributed by atoms with Gasteiger partial charge in [0.25, 0.3) is 0 Å². The molecule has 0 saturated heterocycles. The van der Waals surface area contributed by atoms with Crippen LogP contribution >= 0.6 is 34.8 Å². The Bertz CT molecular complexity index is 393. The molecule has 0 bridgehead atoms. The van der Waals surface area contributed by atoms with E-state index < -0.39 is 0 Å². The lowest BCUT2D eigenvalue weighted by Gasteiger charge is -2.18. The smallest absolute Gasteiger partial charge is 0.0652 e. The molecule has 1 N–H and O–H groups in total. The van der Waals surface area contributed by atoms with Gasteiger partial charge in [0.1, 0.15) is 0 Å². The highest BCUT2D eigenvalue weighted by atomic mass is 35.5. The predicted octanol–water partition coefficient (Wildman–Crippen LogP) is 5.56. The van der Waals surface area contributed by atoms with Crippen LogP contribution in [0.2, 0.25) is 15.1 Å². The summed E-state index contributed by atoms with van der Waals surface area (Å²) < 4.78 is 0. The number of hydrogen-bond donors (Lipinski definition) is 1. The van der Waals surface area contributed by atoms with Crippen LogP contribution in [0.5, 0.6) is 0 Å². The molecule has 102 valence electrons. The molecule has 0 aliphatic carbocycles. The van der Waals surface area contributed by atoms with Crippen molar-refractivity contribution in [2.75, 3.05) is 0 Å². The third-order valence-electron chi connectivity index (χ3n) is 3.22. The molecule has 1 aromatic rings. The van der Waals surface area contributed by atoms with E-state index in [-0.39, 0.29) is 0 Å². The van der Waals surface area contributed by atoms with E-state index in [4.69, 9.17) is 34.8 Å². The zero-order chi connectivity index (χ0) is 13.7. The maximum Gasteiger partial charge on any atom is 0.0652 e. The van der Waals surface area contributed by atoms with Crippen LogP contribution in [0.3, 0.4) is 0 Å². The van der Waals surface area contributed by atoms with Crippen LogP contribution < -0.4 is 5.32 Å². The standard InChI is InChI=1S/C14H20Cl3N/c1-4-9(2)7-10(3)18-8-11-12(15)5-6-13(16)14(11)17/h5-6,9-10,18H,4,7-8H2,1-3H3. The maximum atomic E-state index is 6.16. The number of hydrogen-bond acceptors (Lipinski definition) is 1. The summed E-state index contributed by atoms with van der Waals surface area (Å²) in [5.41, 5.74) is 0.877. The normalized spacial score (nSPS) is 14.6. The average Bonchev–Trinajstić information content (AvgIpc) is 2.34. The minimum absolute atomic E-state index is 0.436. The predicted molar refractivity (Wildman–Crippen MR) is 81.8 cm³/mol. The van der Waals surface area contributed by atoms with Crippen LogP contribution in [0, 0.1) is 5.92 Å². The molecule has 2 atom stereocenters. The Morgan fingerprint density at radius 1 is 1.11 bits per heavy atom. The molecule has 0 spiro atoms. The van der Waals surface area contributed by atoms with Crippen molar-refractivity contribution in [2.24, 2.45) is 5.92 Å². The molecule has 18 heavy (non-hydrogen) atoms. The van der Waals surface area contributed by atoms with Crippen molar-refractivity contribution in [3.8, 4) is 0 Å². The average molecular weight is 309 g/mol. The third kappa shape index (κ3) is 4.62. The zero-order valence-electron chi connectivity index (χ0n) is 11.1. The number of rotatable bonds is 6. The lowest BCUT2D eigenvalue weighted by Crippen LogP contribution is -2.27. The SMILES string of the molecule is CCC(C)CC(C)NCc1c(Cl)ccc(Cl)c1Cl. The number of benzene rings is 1. The van der Waals surface area contributed by atoms with Gasteiger partial charge in [-0.3, -0.25) is 0 Å². The van der Waals surface area contributed by atoms with Gasteiger partial charge >= 0.3 is 0 Å². The van der Waals surface area contributed by atoms with Crippen LogP contribution in [0.4, 0.5) is 0 Å². The Balaban J connectivity index is 2.61. The lowest BCUT2D eigenvalue weighted by molar-refractivity contribution is 0.412. The molecule has 4 heteroatoms. The van der Waals surface area contributed by atoms with Crippen molar-refractivity contribution in [1.82, 2.24) is 5.32 Å². The maximum absolute atomic E-state index is 6.16. The summed E-state index contributed by atoms with van der Waals surface area (Å²) in [4.78, 5) is 0. The summed E-state index contributed by atoms with van der Waals surface area (Å²) >= 11 is 18.3. The topological polar surface area (TPSA) is 12.0 Å². The van der Waals surface area contributed by atoms with Crippen molar-refractivity contribution in [2.45, 2.75) is 46.2 Å². The Hall–Kier alpha value is 0.0500. The quantitative estimate of drug-likeness (QED) is 0.678. The molecule has 0 amide bonds. The molecule has 0 heterocycles. The summed E-state index contributed by atoms with van der Waals surface area (Å²) in [5, 5.41) is 5.20. The molecule has 1 nitrogen and oxygen atoms in total. The van der Waals surface area contributed by atoms with Crippen LogP contribution in [-0.2, 0) is 6.54 Å². The van der Waals surface area contributed by atoms with E-state index in [1.54, 1.807) is 12.1 Å². The molecule has 2 unspecified atom stereocenters. The molecular weight excluding hydrogens is 289 g/mol. The van der Waals surface area contributed by atoms with E-state index >= 15 is 0 Å². The molecule has 1 aromatic carbocycles. The van der Waals surface area contributed by atoms with Crippen LogP contribution in [0.15, 0.2) is 12.1 Å². The van der Waals surface area contributed by atoms with Gasteiger partial charge in [-0.15, -0.1) is 0 Å². The van der Waals surface area contributed by atoms with E-state index in [0.717, 1.165) is 17.9 Å². The second-order valence-corrected chi connectivity index (χ2v) is 6.05. The van der Waals surface area contributed by atoms with Crippen molar-refractivity contribution in [3.05, 3.63) is 32.8 Å². The molecule has 1 rings (SSSR count). The van der Waals surface area contributed by atoms with Gasteiger partial charge in [0.15, 0.2) is 0 Å². The monoisotopic (exact) mass is 307 g/mol. The highest BCUT2D eigenvalue weighted by Gasteiger charge is 2.12. The summed E-state index contributed by atoms with van der Waals surface area (Å²) in [5.74, 6) is 0.720. The second-order valence-electron chi connectivity index (χ2n) is 4.85. The molecule has 0 radical (unpaired) electrons. The van der Waals surface area contributed by atoms with E-state index in [1.807, 2.05) is 0 Å². The molecule has 0 aliphatic heterocycles. The molecule has 0 fully saturated rings. The van der Waals surface area contributed by atoms with E-state index in [9.17, 15) is 0 Å². The summed E-state index contributed by atoms with van der Waals surface area (Å²) in [6, 6.07) is 3.94. The first kappa shape index (κ1) is 16.1. The van der Waals surface area contributed by atoms with Crippen molar-refractivity contribution in [1.29, 1.82) is 0 Å². The van der Waals surface area contributed by atoms with E-state index in [0.29, 0.717) is 27.7 Å². The minimum atomic E-state index is 0.436. The summed E-state index contributed by atoms with van der Waals surface area (Å²) in [6.07, 6.45) is 2.34. The largest absolute Gasteiger partial charge is 0.310 e. The zero-order valence-corrected chi connectivity index (χ0v) is 13.3. The number of halogens is 3. The van der Waals surface area contributed by atoms with Gasteiger partial charge < -0.3 is 5.32 Å². The summed E-state index contributed by atoms with van der Waals surface area (Å²) in [7, 11) is 0. The second kappa shape index (κ2) is 7.59. The van der Waals surface area contributed by atoms with E-state index in [1.165, 1.54) is 6.42 Å². The van der Waals surface area contributed by atoms with Gasteiger partial charge in [-0.05, 0) is 31.4 Å². The molecule has 0 saturated carbocycles. The highest BCUT2D eigenvalue weighted by Crippen LogP contribution is 2.31. The molecular formula is C14H20Cl3N. The fourth-order valence-corrected chi connectivity index (χ4v) is 2.54. The van der Waals surface area contributed by atoms with Crippen molar-refractivity contribution >= 4 is 34.8 Å². The summed E-state index contributed by atoms with van der Waals surface area (Å²) in [6.45, 7) is 7.30. The van der Waals surface area contributed by atoms with Gasteiger partial charge in [0, 0.05) is 23.2 Å². The first-order valence-electron chi connectivity index (χ1n) is 6.31. The third-order valence-corrected chi connectivity index (χ3v) is 4.42. The molecule has 0 aliphatic rings. The van der Waals surface area contributed by atoms with Gasteiger partial charge in [0.2, 0.25) is 0 Å². The van der Waals surface area contributed by atoms with Gasteiger partial charge in [-0.2, -0.15) is 0 Å². The Kier molecular flexibility index (Phi) is 6.79. The van der Waals surface area contributed by atoms with Gasteiger partial charge in [-0.25, -0.2) is 0 Å². The van der Waals surface area contributed by atoms with Crippen LogP contribution in [0.25, 0.3) is 0 Å². The fourth-order valence-electron chi connectivity index (χ4n) is 1.86. The van der Waals surface area contributed by atoms with E-state index in [2.05, 4.69) is 26.1 Å². The Morgan fingerprint density at radius 3 is 2.33 bits per heavy atom. The first-order valence-corrected chi connectivity index (χ1v) is 7.44. The lowest BCUT2D eigenvalue weighted by atomic mass is 10.0. The van der Waals surface area contributed by atoms with Crippen LogP contribution in [-0.4, -0.2) is 6.04 Å². The molecule has 0 aromatic heterocycles. The Labute approximate surface area is 125 Å². The van der Waals surface area contributed by atoms with Crippen molar-refractivity contribution in [3.63, 3.8) is 0 Å². The van der Waals surface area contributed by atoms with Gasteiger partial charge in [0.05, 0.1) is 10.0 Å². The first-order chi connectivity index (χ1) is 8.45. The highest BCUT2D eigenvalue weighted by molar-refractivity contribution is 6.44. The number of nitrogens with one attached hydrogen (secondary N) is 1. The fraction of sp³-hybridized carbons (Fsp3) is 0.571. The van der Waals surface area contributed by atoms with Crippen molar-refractivity contribution < 1.29 is 0 Å².